The Morgan fingerprint density at radius 1 is 1.44 bits per heavy atom. The number of nitriles is 1. The molecule has 0 saturated heterocycles. The van der Waals surface area contributed by atoms with E-state index in [0.29, 0.717) is 18.2 Å². The van der Waals surface area contributed by atoms with E-state index in [4.69, 9.17) is 10.00 Å². The molecule has 0 amide bonds. The molecule has 0 radical (unpaired) electrons. The van der Waals surface area contributed by atoms with Gasteiger partial charge in [-0.05, 0) is 17.5 Å². The number of ether oxygens (including phenoxy) is 1. The second kappa shape index (κ2) is 3.71. The number of benzene rings is 1. The van der Waals surface area contributed by atoms with Crippen molar-refractivity contribution in [2.45, 2.75) is 26.8 Å². The van der Waals surface area contributed by atoms with E-state index in [-0.39, 0.29) is 5.41 Å². The van der Waals surface area contributed by atoms with Crippen LogP contribution >= 0.6 is 0 Å². The van der Waals surface area contributed by atoms with Gasteiger partial charge in [0.25, 0.3) is 0 Å². The first-order valence-electron chi connectivity index (χ1n) is 5.44. The van der Waals surface area contributed by atoms with Gasteiger partial charge in [-0.3, -0.25) is 0 Å². The maximum absolute atomic E-state index is 8.79. The molecule has 1 atom stereocenters. The number of hydrogen-bond acceptors (Lipinski definition) is 3. The van der Waals surface area contributed by atoms with Gasteiger partial charge in [-0.25, -0.2) is 0 Å². The standard InChI is InChI=1S/C13H16N2O/c1-13(2,3)12-8-16-11-6-9(7-14)4-5-10(11)15-12/h4-6,12,15H,8H2,1-3H3. The minimum atomic E-state index is 0.158. The summed E-state index contributed by atoms with van der Waals surface area (Å²) in [6, 6.07) is 7.90. The van der Waals surface area contributed by atoms with Crippen molar-refractivity contribution in [3.63, 3.8) is 0 Å². The van der Waals surface area contributed by atoms with E-state index < -0.39 is 0 Å². The Morgan fingerprint density at radius 3 is 2.81 bits per heavy atom. The first-order valence-corrected chi connectivity index (χ1v) is 5.44. The third-order valence-electron chi connectivity index (χ3n) is 2.89. The summed E-state index contributed by atoms with van der Waals surface area (Å²) in [5, 5.41) is 12.2. The molecule has 16 heavy (non-hydrogen) atoms. The molecule has 0 saturated carbocycles. The topological polar surface area (TPSA) is 45.0 Å². The van der Waals surface area contributed by atoms with E-state index in [2.05, 4.69) is 32.2 Å². The summed E-state index contributed by atoms with van der Waals surface area (Å²) in [7, 11) is 0. The average Bonchev–Trinajstić information content (AvgIpc) is 2.26. The van der Waals surface area contributed by atoms with E-state index in [1.165, 1.54) is 0 Å². The Hall–Kier alpha value is -1.69. The Balaban J connectivity index is 2.26. The lowest BCUT2D eigenvalue weighted by molar-refractivity contribution is 0.207. The smallest absolute Gasteiger partial charge is 0.143 e. The molecular formula is C13H16N2O. The highest BCUT2D eigenvalue weighted by Crippen LogP contribution is 2.34. The fraction of sp³-hybridized carbons (Fsp3) is 0.462. The molecule has 3 heteroatoms. The van der Waals surface area contributed by atoms with Crippen molar-refractivity contribution < 1.29 is 4.74 Å². The van der Waals surface area contributed by atoms with Gasteiger partial charge in [-0.2, -0.15) is 5.26 Å². The Kier molecular flexibility index (Phi) is 2.51. The van der Waals surface area contributed by atoms with Crippen LogP contribution in [0, 0.1) is 16.7 Å². The molecule has 84 valence electrons. The van der Waals surface area contributed by atoms with Crippen molar-refractivity contribution in [1.82, 2.24) is 0 Å². The highest BCUT2D eigenvalue weighted by atomic mass is 16.5. The molecule has 0 aliphatic carbocycles. The van der Waals surface area contributed by atoms with Gasteiger partial charge in [-0.1, -0.05) is 20.8 Å². The van der Waals surface area contributed by atoms with Crippen LogP contribution in [0.4, 0.5) is 5.69 Å². The third kappa shape index (κ3) is 1.96. The zero-order valence-corrected chi connectivity index (χ0v) is 9.87. The van der Waals surface area contributed by atoms with Gasteiger partial charge < -0.3 is 10.1 Å². The summed E-state index contributed by atoms with van der Waals surface area (Å²) in [5.41, 5.74) is 1.77. The van der Waals surface area contributed by atoms with E-state index >= 15 is 0 Å². The number of fused-ring (bicyclic) bond motifs is 1. The van der Waals surface area contributed by atoms with Gasteiger partial charge in [0.05, 0.1) is 23.4 Å². The number of anilines is 1. The van der Waals surface area contributed by atoms with Gasteiger partial charge in [0.15, 0.2) is 0 Å². The second-order valence-electron chi connectivity index (χ2n) is 5.20. The largest absolute Gasteiger partial charge is 0.489 e. The van der Waals surface area contributed by atoms with Crippen LogP contribution in [0.2, 0.25) is 0 Å². The molecule has 1 N–H and O–H groups in total. The number of nitrogens with zero attached hydrogens (tertiary/aromatic N) is 1. The lowest BCUT2D eigenvalue weighted by Gasteiger charge is -2.36. The van der Waals surface area contributed by atoms with Crippen molar-refractivity contribution in [1.29, 1.82) is 5.26 Å². The first-order chi connectivity index (χ1) is 7.50. The highest BCUT2D eigenvalue weighted by molar-refractivity contribution is 5.61. The average molecular weight is 216 g/mol. The minimum absolute atomic E-state index is 0.158. The van der Waals surface area contributed by atoms with Crippen molar-refractivity contribution in [2.75, 3.05) is 11.9 Å². The Morgan fingerprint density at radius 2 is 2.19 bits per heavy atom. The molecule has 0 bridgehead atoms. The SMILES string of the molecule is CC(C)(C)C1COc2cc(C#N)ccc2N1. The van der Waals surface area contributed by atoms with Crippen LogP contribution in [0.3, 0.4) is 0 Å². The van der Waals surface area contributed by atoms with Gasteiger partial charge in [0.1, 0.15) is 12.4 Å². The van der Waals surface area contributed by atoms with E-state index in [9.17, 15) is 0 Å². The highest BCUT2D eigenvalue weighted by Gasteiger charge is 2.29. The fourth-order valence-electron chi connectivity index (χ4n) is 1.70. The monoisotopic (exact) mass is 216 g/mol. The number of hydrogen-bond donors (Lipinski definition) is 1. The van der Waals surface area contributed by atoms with Crippen LogP contribution < -0.4 is 10.1 Å². The molecule has 1 aromatic carbocycles. The molecule has 1 aliphatic rings. The fourth-order valence-corrected chi connectivity index (χ4v) is 1.70. The third-order valence-corrected chi connectivity index (χ3v) is 2.89. The second-order valence-corrected chi connectivity index (χ2v) is 5.20. The molecule has 1 aliphatic heterocycles. The molecule has 2 rings (SSSR count). The zero-order chi connectivity index (χ0) is 11.8. The van der Waals surface area contributed by atoms with Gasteiger partial charge in [-0.15, -0.1) is 0 Å². The minimum Gasteiger partial charge on any atom is -0.489 e. The molecule has 0 aromatic heterocycles. The summed E-state index contributed by atoms with van der Waals surface area (Å²) in [6.45, 7) is 7.19. The maximum Gasteiger partial charge on any atom is 0.143 e. The quantitative estimate of drug-likeness (QED) is 0.725. The van der Waals surface area contributed by atoms with Crippen LogP contribution in [0.1, 0.15) is 26.3 Å². The molecule has 3 nitrogen and oxygen atoms in total. The molecule has 0 spiro atoms. The lowest BCUT2D eigenvalue weighted by Crippen LogP contribution is -2.41. The summed E-state index contributed by atoms with van der Waals surface area (Å²) in [6.07, 6.45) is 0. The van der Waals surface area contributed by atoms with Crippen molar-refractivity contribution >= 4 is 5.69 Å². The summed E-state index contributed by atoms with van der Waals surface area (Å²) < 4.78 is 5.69. The first kappa shape index (κ1) is 10.8. The van der Waals surface area contributed by atoms with Crippen molar-refractivity contribution in [3.05, 3.63) is 23.8 Å². The zero-order valence-electron chi connectivity index (χ0n) is 9.87. The normalized spacial score (nSPS) is 19.0. The Bertz CT molecular complexity index is 440. The van der Waals surface area contributed by atoms with E-state index in [1.54, 1.807) is 12.1 Å². The molecule has 1 aromatic rings. The predicted molar refractivity (Wildman–Crippen MR) is 63.5 cm³/mol. The van der Waals surface area contributed by atoms with Crippen LogP contribution in [-0.4, -0.2) is 12.6 Å². The molecular weight excluding hydrogens is 200 g/mol. The maximum atomic E-state index is 8.79. The summed E-state index contributed by atoms with van der Waals surface area (Å²) >= 11 is 0. The lowest BCUT2D eigenvalue weighted by atomic mass is 9.86. The van der Waals surface area contributed by atoms with Crippen LogP contribution in [0.5, 0.6) is 5.75 Å². The summed E-state index contributed by atoms with van der Waals surface area (Å²) in [4.78, 5) is 0. The summed E-state index contributed by atoms with van der Waals surface area (Å²) in [5.74, 6) is 0.777. The van der Waals surface area contributed by atoms with Crippen LogP contribution in [0.25, 0.3) is 0 Å². The predicted octanol–water partition coefficient (Wildman–Crippen LogP) is 2.78. The Labute approximate surface area is 96.0 Å². The molecule has 1 heterocycles. The van der Waals surface area contributed by atoms with Crippen LogP contribution in [-0.2, 0) is 0 Å². The van der Waals surface area contributed by atoms with Gasteiger partial charge >= 0.3 is 0 Å². The van der Waals surface area contributed by atoms with E-state index in [0.717, 1.165) is 11.4 Å². The van der Waals surface area contributed by atoms with Gasteiger partial charge in [0.2, 0.25) is 0 Å². The number of rotatable bonds is 0. The number of nitrogens with one attached hydrogen (secondary N) is 1. The van der Waals surface area contributed by atoms with Crippen LogP contribution in [0.15, 0.2) is 18.2 Å². The van der Waals surface area contributed by atoms with Crippen molar-refractivity contribution in [3.8, 4) is 11.8 Å². The molecule has 1 unspecified atom stereocenters. The van der Waals surface area contributed by atoms with E-state index in [1.807, 2.05) is 6.07 Å². The van der Waals surface area contributed by atoms with Crippen molar-refractivity contribution in [2.24, 2.45) is 5.41 Å². The molecule has 0 fully saturated rings. The van der Waals surface area contributed by atoms with Gasteiger partial charge in [0, 0.05) is 6.07 Å².